The first-order valence-electron chi connectivity index (χ1n) is 9.24. The lowest BCUT2D eigenvalue weighted by Crippen LogP contribution is -2.41. The molecule has 0 aliphatic carbocycles. The maximum Gasteiger partial charge on any atom is 0.321 e. The van der Waals surface area contributed by atoms with Crippen molar-refractivity contribution in [1.82, 2.24) is 25.4 Å². The molecule has 0 aliphatic rings. The summed E-state index contributed by atoms with van der Waals surface area (Å²) in [7, 11) is 1.47. The fourth-order valence-corrected chi connectivity index (χ4v) is 4.30. The average molecular weight is 430 g/mol. The Kier molecular flexibility index (Phi) is 7.42. The summed E-state index contributed by atoms with van der Waals surface area (Å²) in [5.41, 5.74) is 1.23. The van der Waals surface area contributed by atoms with Crippen molar-refractivity contribution < 1.29 is 9.59 Å². The second kappa shape index (κ2) is 10.2. The van der Waals surface area contributed by atoms with Crippen LogP contribution in [0.15, 0.2) is 53.0 Å². The summed E-state index contributed by atoms with van der Waals surface area (Å²) in [5, 5.41) is 15.6. The van der Waals surface area contributed by atoms with E-state index in [0.29, 0.717) is 18.1 Å². The van der Waals surface area contributed by atoms with E-state index in [1.54, 1.807) is 18.3 Å². The van der Waals surface area contributed by atoms with Crippen LogP contribution >= 0.6 is 23.1 Å². The molecule has 0 fully saturated rings. The minimum absolute atomic E-state index is 0.369. The van der Waals surface area contributed by atoms with E-state index < -0.39 is 11.3 Å². The standard InChI is InChI=1S/C20H23N5O2S2/c1-14(18(26)22-19(27)21-2)29-20-24-23-17(13-16-9-6-12-28-16)25(20)11-10-15-7-4-3-5-8-15/h3-9,12,14H,10-11,13H2,1-2H3,(H2,21,22,26,27). The Morgan fingerprint density at radius 3 is 2.66 bits per heavy atom. The van der Waals surface area contributed by atoms with Gasteiger partial charge in [-0.1, -0.05) is 48.2 Å². The van der Waals surface area contributed by atoms with Crippen LogP contribution in [0.5, 0.6) is 0 Å². The molecule has 152 valence electrons. The molecule has 1 aromatic carbocycles. The van der Waals surface area contributed by atoms with Crippen molar-refractivity contribution in [3.05, 3.63) is 64.1 Å². The maximum atomic E-state index is 12.2. The molecule has 0 saturated heterocycles. The number of carbonyl (C=O) groups is 2. The lowest BCUT2D eigenvalue weighted by molar-refractivity contribution is -0.119. The zero-order valence-electron chi connectivity index (χ0n) is 16.3. The average Bonchev–Trinajstić information content (AvgIpc) is 3.37. The van der Waals surface area contributed by atoms with Crippen LogP contribution in [0.3, 0.4) is 0 Å². The van der Waals surface area contributed by atoms with E-state index in [-0.39, 0.29) is 5.91 Å². The summed E-state index contributed by atoms with van der Waals surface area (Å²) in [5.74, 6) is 0.497. The van der Waals surface area contributed by atoms with Crippen molar-refractivity contribution in [2.45, 2.75) is 36.7 Å². The Morgan fingerprint density at radius 2 is 1.97 bits per heavy atom. The van der Waals surface area contributed by atoms with Gasteiger partial charge in [0.15, 0.2) is 5.16 Å². The molecule has 2 aromatic heterocycles. The first-order chi connectivity index (χ1) is 14.1. The van der Waals surface area contributed by atoms with Gasteiger partial charge in [-0.25, -0.2) is 4.79 Å². The second-order valence-electron chi connectivity index (χ2n) is 6.37. The van der Waals surface area contributed by atoms with Gasteiger partial charge in [0.25, 0.3) is 0 Å². The monoisotopic (exact) mass is 429 g/mol. The smallest absolute Gasteiger partial charge is 0.321 e. The molecular weight excluding hydrogens is 406 g/mol. The summed E-state index contributed by atoms with van der Waals surface area (Å²) in [6.07, 6.45) is 1.53. The van der Waals surface area contributed by atoms with Gasteiger partial charge in [0.05, 0.1) is 5.25 Å². The Hall–Kier alpha value is -2.65. The number of hydrogen-bond acceptors (Lipinski definition) is 6. The van der Waals surface area contributed by atoms with E-state index in [1.807, 2.05) is 29.6 Å². The molecule has 0 bridgehead atoms. The SMILES string of the molecule is CNC(=O)NC(=O)C(C)Sc1nnc(Cc2cccs2)n1CCc1ccccc1. The number of carbonyl (C=O) groups excluding carboxylic acids is 2. The zero-order valence-corrected chi connectivity index (χ0v) is 17.9. The van der Waals surface area contributed by atoms with Gasteiger partial charge in [-0.2, -0.15) is 0 Å². The Bertz CT molecular complexity index is 941. The molecule has 2 N–H and O–H groups in total. The molecular formula is C20H23N5O2S2. The topological polar surface area (TPSA) is 88.9 Å². The normalized spacial score (nSPS) is 11.8. The third kappa shape index (κ3) is 5.91. The molecule has 9 heteroatoms. The molecule has 0 aliphatic heterocycles. The number of aromatic nitrogens is 3. The summed E-state index contributed by atoms with van der Waals surface area (Å²) in [6, 6.07) is 13.8. The number of thioether (sulfide) groups is 1. The van der Waals surface area contributed by atoms with E-state index in [1.165, 1.54) is 29.3 Å². The van der Waals surface area contributed by atoms with Gasteiger partial charge < -0.3 is 9.88 Å². The fraction of sp³-hybridized carbons (Fsp3) is 0.300. The highest BCUT2D eigenvalue weighted by molar-refractivity contribution is 8.00. The number of hydrogen-bond donors (Lipinski definition) is 2. The lowest BCUT2D eigenvalue weighted by atomic mass is 10.1. The number of aryl methyl sites for hydroxylation is 1. The molecule has 29 heavy (non-hydrogen) atoms. The van der Waals surface area contributed by atoms with Crippen molar-refractivity contribution in [2.24, 2.45) is 0 Å². The Labute approximate surface area is 177 Å². The highest BCUT2D eigenvalue weighted by Gasteiger charge is 2.21. The van der Waals surface area contributed by atoms with Crippen molar-refractivity contribution in [3.8, 4) is 0 Å². The van der Waals surface area contributed by atoms with Crippen molar-refractivity contribution in [1.29, 1.82) is 0 Å². The van der Waals surface area contributed by atoms with Gasteiger partial charge in [0, 0.05) is 24.9 Å². The van der Waals surface area contributed by atoms with Gasteiger partial charge in [-0.05, 0) is 30.4 Å². The van der Waals surface area contributed by atoms with Crippen LogP contribution in [0, 0.1) is 0 Å². The van der Waals surface area contributed by atoms with Crippen LogP contribution in [-0.2, 0) is 24.2 Å². The van der Waals surface area contributed by atoms with Gasteiger partial charge in [0.1, 0.15) is 5.82 Å². The number of rotatable bonds is 8. The molecule has 0 radical (unpaired) electrons. The van der Waals surface area contributed by atoms with Gasteiger partial charge in [-0.3, -0.25) is 10.1 Å². The number of nitrogens with one attached hydrogen (secondary N) is 2. The zero-order chi connectivity index (χ0) is 20.6. The number of imide groups is 1. The number of urea groups is 1. The van der Waals surface area contributed by atoms with E-state index in [2.05, 4.69) is 43.6 Å². The third-order valence-electron chi connectivity index (χ3n) is 4.29. The summed E-state index contributed by atoms with van der Waals surface area (Å²) >= 11 is 2.98. The molecule has 2 heterocycles. The molecule has 3 amide bonds. The summed E-state index contributed by atoms with van der Waals surface area (Å²) in [6.45, 7) is 2.46. The van der Waals surface area contributed by atoms with Crippen LogP contribution in [0.4, 0.5) is 4.79 Å². The quantitative estimate of drug-likeness (QED) is 0.537. The molecule has 0 spiro atoms. The highest BCUT2D eigenvalue weighted by Crippen LogP contribution is 2.24. The maximum absolute atomic E-state index is 12.2. The van der Waals surface area contributed by atoms with Crippen LogP contribution in [-0.4, -0.2) is 39.0 Å². The molecule has 1 unspecified atom stereocenters. The first-order valence-corrected chi connectivity index (χ1v) is 11.0. The van der Waals surface area contributed by atoms with Crippen molar-refractivity contribution in [3.63, 3.8) is 0 Å². The van der Waals surface area contributed by atoms with Gasteiger partial charge in [-0.15, -0.1) is 21.5 Å². The largest absolute Gasteiger partial charge is 0.341 e. The number of benzene rings is 1. The number of nitrogens with zero attached hydrogens (tertiary/aromatic N) is 3. The molecule has 0 saturated carbocycles. The molecule has 1 atom stereocenters. The number of thiophene rings is 1. The van der Waals surface area contributed by atoms with Gasteiger partial charge >= 0.3 is 6.03 Å². The van der Waals surface area contributed by atoms with E-state index >= 15 is 0 Å². The Balaban J connectivity index is 1.77. The minimum Gasteiger partial charge on any atom is -0.341 e. The first kappa shape index (κ1) is 21.1. The van der Waals surface area contributed by atoms with Crippen LogP contribution < -0.4 is 10.6 Å². The van der Waals surface area contributed by atoms with Crippen LogP contribution in [0.25, 0.3) is 0 Å². The summed E-state index contributed by atoms with van der Waals surface area (Å²) < 4.78 is 2.07. The second-order valence-corrected chi connectivity index (χ2v) is 8.71. The highest BCUT2D eigenvalue weighted by atomic mass is 32.2. The Morgan fingerprint density at radius 1 is 1.17 bits per heavy atom. The summed E-state index contributed by atoms with van der Waals surface area (Å²) in [4.78, 5) is 24.8. The van der Waals surface area contributed by atoms with Crippen LogP contribution in [0.2, 0.25) is 0 Å². The fourth-order valence-electron chi connectivity index (χ4n) is 2.70. The van der Waals surface area contributed by atoms with Crippen molar-refractivity contribution in [2.75, 3.05) is 7.05 Å². The van der Waals surface area contributed by atoms with E-state index in [9.17, 15) is 9.59 Å². The molecule has 3 aromatic rings. The van der Waals surface area contributed by atoms with Gasteiger partial charge in [0.2, 0.25) is 5.91 Å². The molecule has 7 nitrogen and oxygen atoms in total. The lowest BCUT2D eigenvalue weighted by Gasteiger charge is -2.13. The predicted molar refractivity (Wildman–Crippen MR) is 115 cm³/mol. The van der Waals surface area contributed by atoms with E-state index in [0.717, 1.165) is 12.2 Å². The third-order valence-corrected chi connectivity index (χ3v) is 6.24. The predicted octanol–water partition coefficient (Wildman–Crippen LogP) is 3.11. The van der Waals surface area contributed by atoms with Crippen LogP contribution in [0.1, 0.15) is 23.2 Å². The molecule has 3 rings (SSSR count). The van der Waals surface area contributed by atoms with Crippen molar-refractivity contribution >= 4 is 35.0 Å². The minimum atomic E-state index is -0.522. The van der Waals surface area contributed by atoms with E-state index in [4.69, 9.17) is 0 Å². The number of amides is 3.